The summed E-state index contributed by atoms with van der Waals surface area (Å²) in [5, 5.41) is 0. The van der Waals surface area contributed by atoms with Crippen LogP contribution in [0.1, 0.15) is 80.1 Å². The van der Waals surface area contributed by atoms with Crippen LogP contribution in [0.5, 0.6) is 0 Å². The van der Waals surface area contributed by atoms with Gasteiger partial charge in [-0.1, -0.05) is 26.7 Å². The first kappa shape index (κ1) is 24.1. The molecule has 0 bridgehead atoms. The molecule has 4 atom stereocenters. The number of unbranched alkanes of at least 4 members (excludes halogenated alkanes) is 3. The van der Waals surface area contributed by atoms with Gasteiger partial charge in [-0.2, -0.15) is 0 Å². The quantitative estimate of drug-likeness (QED) is 0.630. The summed E-state index contributed by atoms with van der Waals surface area (Å²) in [7, 11) is 4.62. The largest absolute Gasteiger partial charge is 0.330 e. The Morgan fingerprint density at radius 3 is 1.64 bits per heavy atom. The molecule has 2 N–H and O–H groups in total. The molecule has 28 heavy (non-hydrogen) atoms. The Balaban J connectivity index is 2.19. The Morgan fingerprint density at radius 1 is 0.786 bits per heavy atom. The van der Waals surface area contributed by atoms with Crippen molar-refractivity contribution >= 4 is 0 Å². The number of rotatable bonds is 8. The Bertz CT molecular complexity index is 439. The van der Waals surface area contributed by atoms with Crippen molar-refractivity contribution in [3.8, 4) is 0 Å². The minimum absolute atomic E-state index is 0.269. The first-order valence-electron chi connectivity index (χ1n) is 11.9. The smallest absolute Gasteiger partial charge is 0.0190 e. The third-order valence-electron chi connectivity index (χ3n) is 9.09. The van der Waals surface area contributed by atoms with Crippen molar-refractivity contribution in [2.75, 3.05) is 40.3 Å². The number of hydrogen-bond acceptors (Lipinski definition) is 4. The van der Waals surface area contributed by atoms with E-state index in [2.05, 4.69) is 70.3 Å². The zero-order chi connectivity index (χ0) is 21.1. The Hall–Kier alpha value is -0.160. The fourth-order valence-electron chi connectivity index (χ4n) is 5.64. The van der Waals surface area contributed by atoms with Crippen molar-refractivity contribution in [3.63, 3.8) is 0 Å². The average Bonchev–Trinajstić information content (AvgIpc) is 2.64. The molecule has 0 aromatic carbocycles. The third-order valence-corrected chi connectivity index (χ3v) is 9.09. The minimum atomic E-state index is 0.269. The van der Waals surface area contributed by atoms with Crippen LogP contribution < -0.4 is 5.73 Å². The predicted molar refractivity (Wildman–Crippen MR) is 123 cm³/mol. The van der Waals surface area contributed by atoms with E-state index in [0.29, 0.717) is 23.9 Å². The molecule has 2 rings (SSSR count). The van der Waals surface area contributed by atoms with Gasteiger partial charge in [-0.25, -0.2) is 0 Å². The predicted octanol–water partition coefficient (Wildman–Crippen LogP) is 4.05. The fraction of sp³-hybridized carbons (Fsp3) is 1.00. The molecule has 0 radical (unpaired) electrons. The molecule has 0 amide bonds. The molecule has 0 aliphatic carbocycles. The summed E-state index contributed by atoms with van der Waals surface area (Å²) in [6, 6.07) is 1.40. The van der Waals surface area contributed by atoms with Crippen molar-refractivity contribution < 1.29 is 0 Å². The average molecular weight is 395 g/mol. The highest BCUT2D eigenvalue weighted by Crippen LogP contribution is 2.40. The summed E-state index contributed by atoms with van der Waals surface area (Å²) in [4.78, 5) is 8.13. The molecular weight excluding hydrogens is 344 g/mol. The highest BCUT2D eigenvalue weighted by molar-refractivity contribution is 5.03. The van der Waals surface area contributed by atoms with Gasteiger partial charge in [0, 0.05) is 23.2 Å². The molecule has 2 aliphatic heterocycles. The van der Waals surface area contributed by atoms with Crippen molar-refractivity contribution in [1.29, 1.82) is 0 Å². The lowest BCUT2D eigenvalue weighted by molar-refractivity contribution is -0.0770. The van der Waals surface area contributed by atoms with Crippen molar-refractivity contribution in [3.05, 3.63) is 0 Å². The molecule has 0 spiro atoms. The van der Waals surface area contributed by atoms with Crippen LogP contribution in [0, 0.1) is 11.8 Å². The SMILES string of the molecule is CC1C(N(CCCCCCN)C2CCN(C)C(C)(C)C2C)CCN(C)C1(C)C. The van der Waals surface area contributed by atoms with E-state index in [-0.39, 0.29) is 11.1 Å². The monoisotopic (exact) mass is 394 g/mol. The van der Waals surface area contributed by atoms with E-state index < -0.39 is 0 Å². The van der Waals surface area contributed by atoms with Crippen LogP contribution in [0.25, 0.3) is 0 Å². The summed E-state index contributed by atoms with van der Waals surface area (Å²) >= 11 is 0. The Kier molecular flexibility index (Phi) is 8.41. The maximum absolute atomic E-state index is 5.71. The Morgan fingerprint density at radius 2 is 1.21 bits per heavy atom. The second kappa shape index (κ2) is 9.76. The Labute approximate surface area is 176 Å². The third kappa shape index (κ3) is 4.94. The maximum Gasteiger partial charge on any atom is 0.0190 e. The lowest BCUT2D eigenvalue weighted by Gasteiger charge is -2.57. The second-order valence-corrected chi connectivity index (χ2v) is 10.9. The summed E-state index contributed by atoms with van der Waals surface area (Å²) in [6.45, 7) is 19.3. The van der Waals surface area contributed by atoms with Gasteiger partial charge in [0.25, 0.3) is 0 Å². The number of piperidine rings is 2. The fourth-order valence-corrected chi connectivity index (χ4v) is 5.64. The highest BCUT2D eigenvalue weighted by atomic mass is 15.3. The summed E-state index contributed by atoms with van der Waals surface area (Å²) in [6.07, 6.45) is 7.72. The zero-order valence-electron chi connectivity index (χ0n) is 20.3. The van der Waals surface area contributed by atoms with Crippen LogP contribution in [0.15, 0.2) is 0 Å². The van der Waals surface area contributed by atoms with Gasteiger partial charge in [0.15, 0.2) is 0 Å². The van der Waals surface area contributed by atoms with E-state index in [4.69, 9.17) is 5.73 Å². The van der Waals surface area contributed by atoms with Gasteiger partial charge in [-0.3, -0.25) is 4.90 Å². The molecule has 2 fully saturated rings. The standard InChI is InChI=1S/C24H50N4/c1-19-21(13-17-26(7)23(19,3)4)28(16-12-10-9-11-15-25)22-14-18-27(8)24(5,6)20(22)2/h19-22H,9-18,25H2,1-8H3. The van der Waals surface area contributed by atoms with Gasteiger partial charge in [0.1, 0.15) is 0 Å². The van der Waals surface area contributed by atoms with Gasteiger partial charge in [-0.15, -0.1) is 0 Å². The van der Waals surface area contributed by atoms with Crippen LogP contribution in [-0.4, -0.2) is 78.1 Å². The molecular formula is C24H50N4. The second-order valence-electron chi connectivity index (χ2n) is 10.9. The summed E-state index contributed by atoms with van der Waals surface area (Å²) in [5.74, 6) is 1.37. The zero-order valence-corrected chi connectivity index (χ0v) is 20.3. The van der Waals surface area contributed by atoms with E-state index in [1.807, 2.05) is 0 Å². The molecule has 4 heteroatoms. The van der Waals surface area contributed by atoms with Gasteiger partial charge in [-0.05, 0) is 105 Å². The van der Waals surface area contributed by atoms with Gasteiger partial charge in [0.05, 0.1) is 0 Å². The van der Waals surface area contributed by atoms with E-state index in [1.165, 1.54) is 58.2 Å². The van der Waals surface area contributed by atoms with Crippen LogP contribution in [0.4, 0.5) is 0 Å². The van der Waals surface area contributed by atoms with Crippen LogP contribution in [0.2, 0.25) is 0 Å². The lowest BCUT2D eigenvalue weighted by Crippen LogP contribution is -2.66. The van der Waals surface area contributed by atoms with Crippen LogP contribution in [-0.2, 0) is 0 Å². The number of nitrogens with zero attached hydrogens (tertiary/aromatic N) is 3. The summed E-state index contributed by atoms with van der Waals surface area (Å²) in [5.41, 5.74) is 6.24. The normalized spacial score (nSPS) is 34.1. The van der Waals surface area contributed by atoms with E-state index in [1.54, 1.807) is 0 Å². The molecule has 4 nitrogen and oxygen atoms in total. The lowest BCUT2D eigenvalue weighted by atomic mass is 9.72. The first-order valence-corrected chi connectivity index (χ1v) is 11.9. The minimum Gasteiger partial charge on any atom is -0.330 e. The molecule has 166 valence electrons. The maximum atomic E-state index is 5.71. The van der Waals surface area contributed by atoms with E-state index in [9.17, 15) is 0 Å². The molecule has 0 aromatic rings. The first-order chi connectivity index (χ1) is 13.0. The van der Waals surface area contributed by atoms with E-state index >= 15 is 0 Å². The topological polar surface area (TPSA) is 35.7 Å². The molecule has 2 heterocycles. The van der Waals surface area contributed by atoms with Crippen molar-refractivity contribution in [2.45, 2.75) is 103 Å². The van der Waals surface area contributed by atoms with Gasteiger partial charge < -0.3 is 15.5 Å². The van der Waals surface area contributed by atoms with Crippen LogP contribution >= 0.6 is 0 Å². The number of likely N-dealkylation sites (tertiary alicyclic amines) is 2. The van der Waals surface area contributed by atoms with Crippen LogP contribution in [0.3, 0.4) is 0 Å². The van der Waals surface area contributed by atoms with Crippen molar-refractivity contribution in [1.82, 2.24) is 14.7 Å². The van der Waals surface area contributed by atoms with E-state index in [0.717, 1.165) is 6.54 Å². The highest BCUT2D eigenvalue weighted by Gasteiger charge is 2.47. The van der Waals surface area contributed by atoms with Crippen molar-refractivity contribution in [2.24, 2.45) is 17.6 Å². The molecule has 4 unspecified atom stereocenters. The summed E-state index contributed by atoms with van der Waals surface area (Å²) < 4.78 is 0. The van der Waals surface area contributed by atoms with Gasteiger partial charge in [0.2, 0.25) is 0 Å². The molecule has 0 aromatic heterocycles. The molecule has 0 saturated carbocycles. The number of hydrogen-bond donors (Lipinski definition) is 1. The molecule has 2 saturated heterocycles. The van der Waals surface area contributed by atoms with Gasteiger partial charge >= 0.3 is 0 Å². The molecule has 2 aliphatic rings. The number of nitrogens with two attached hydrogens (primary N) is 1.